The van der Waals surface area contributed by atoms with E-state index in [1.165, 1.54) is 11.3 Å². The molecule has 26 heavy (non-hydrogen) atoms. The van der Waals surface area contributed by atoms with E-state index in [4.69, 9.17) is 26.9 Å². The summed E-state index contributed by atoms with van der Waals surface area (Å²) in [6.45, 7) is 0.0991. The molecule has 0 aliphatic rings. The summed E-state index contributed by atoms with van der Waals surface area (Å²) in [6.07, 6.45) is -6.50. The van der Waals surface area contributed by atoms with Gasteiger partial charge in [-0.15, -0.1) is 10.0 Å². The fourth-order valence-corrected chi connectivity index (χ4v) is 2.60. The van der Waals surface area contributed by atoms with Crippen molar-refractivity contribution in [2.75, 3.05) is 10.3 Å². The number of thiophene rings is 1. The van der Waals surface area contributed by atoms with Gasteiger partial charge in [0.05, 0.1) is 0 Å². The van der Waals surface area contributed by atoms with Crippen LogP contribution < -0.4 is 10.3 Å². The lowest BCUT2D eigenvalue weighted by atomic mass is 10.3. The first-order valence-corrected chi connectivity index (χ1v) is 7.81. The number of hydrogen-bond donors (Lipinski definition) is 4. The van der Waals surface area contributed by atoms with E-state index in [1.807, 2.05) is 0 Å². The monoisotopic (exact) mass is 405 g/mol. The third-order valence-electron chi connectivity index (χ3n) is 2.79. The first kappa shape index (κ1) is 19.1. The Labute approximate surface area is 152 Å². The molecule has 0 aliphatic carbocycles. The van der Waals surface area contributed by atoms with Crippen LogP contribution >= 0.6 is 22.9 Å². The van der Waals surface area contributed by atoms with E-state index >= 15 is 0 Å². The second kappa shape index (κ2) is 7.79. The Balaban J connectivity index is 2.47. The fourth-order valence-electron chi connectivity index (χ4n) is 1.77. The Hall–Kier alpha value is -3.19. The summed E-state index contributed by atoms with van der Waals surface area (Å²) in [5.41, 5.74) is 0.762. The standard InChI is InChI=1S/C12H9ClFN5O6S/c13-9-16-7(15-3-5-1-2-26-4-5)6(14)8(17-9)18(10(20)21)19(11(22)23)12(24)25/h1-2,4H,3H2,(H,20,21)(H,22,23)(H,24,25)(H,15,16,17). The summed E-state index contributed by atoms with van der Waals surface area (Å²) >= 11 is 7.02. The summed E-state index contributed by atoms with van der Waals surface area (Å²) in [6, 6.07) is 1.74. The lowest BCUT2D eigenvalue weighted by Gasteiger charge is -2.25. The van der Waals surface area contributed by atoms with Gasteiger partial charge in [0.2, 0.25) is 16.9 Å². The number of nitrogens with zero attached hydrogens (tertiary/aromatic N) is 4. The predicted molar refractivity (Wildman–Crippen MR) is 87.0 cm³/mol. The minimum atomic E-state index is -2.19. The third-order valence-corrected chi connectivity index (χ3v) is 3.69. The average Bonchev–Trinajstić information content (AvgIpc) is 3.05. The third kappa shape index (κ3) is 4.07. The maximum absolute atomic E-state index is 14.6. The van der Waals surface area contributed by atoms with Crippen molar-refractivity contribution >= 4 is 52.9 Å². The first-order valence-electron chi connectivity index (χ1n) is 6.49. The van der Waals surface area contributed by atoms with Gasteiger partial charge in [0, 0.05) is 6.54 Å². The number of hydrazine groups is 1. The molecule has 0 aliphatic heterocycles. The number of aromatic nitrogens is 2. The van der Waals surface area contributed by atoms with Crippen molar-refractivity contribution in [3.05, 3.63) is 33.5 Å². The molecule has 0 atom stereocenters. The van der Waals surface area contributed by atoms with E-state index in [0.29, 0.717) is 0 Å². The van der Waals surface area contributed by atoms with Gasteiger partial charge in [-0.25, -0.2) is 14.4 Å². The molecular formula is C12H9ClFN5O6S. The van der Waals surface area contributed by atoms with E-state index in [9.17, 15) is 18.8 Å². The quantitative estimate of drug-likeness (QED) is 0.443. The molecule has 0 spiro atoms. The molecule has 0 bridgehead atoms. The molecule has 3 amide bonds. The van der Waals surface area contributed by atoms with E-state index in [0.717, 1.165) is 5.56 Å². The van der Waals surface area contributed by atoms with Crippen molar-refractivity contribution in [3.63, 3.8) is 0 Å². The van der Waals surface area contributed by atoms with Gasteiger partial charge in [0.25, 0.3) is 0 Å². The molecule has 2 aromatic rings. The molecule has 138 valence electrons. The van der Waals surface area contributed by atoms with Gasteiger partial charge in [-0.1, -0.05) is 0 Å². The van der Waals surface area contributed by atoms with Crippen LogP contribution in [0.2, 0.25) is 5.28 Å². The first-order chi connectivity index (χ1) is 12.2. The number of amides is 3. The molecule has 0 fully saturated rings. The fraction of sp³-hybridized carbons (Fsp3) is 0.0833. The van der Waals surface area contributed by atoms with Crippen LogP contribution in [0.1, 0.15) is 5.56 Å². The lowest BCUT2D eigenvalue weighted by Crippen LogP contribution is -2.52. The molecule has 2 rings (SSSR count). The minimum absolute atomic E-state index is 0.0991. The van der Waals surface area contributed by atoms with Gasteiger partial charge in [-0.2, -0.15) is 25.7 Å². The second-order valence-corrected chi connectivity index (χ2v) is 5.55. The number of nitrogens with one attached hydrogen (secondary N) is 1. The zero-order valence-corrected chi connectivity index (χ0v) is 14.0. The van der Waals surface area contributed by atoms with Crippen LogP contribution in [0.3, 0.4) is 0 Å². The molecule has 0 saturated heterocycles. The zero-order valence-electron chi connectivity index (χ0n) is 12.5. The number of rotatable bonds is 4. The Morgan fingerprint density at radius 3 is 2.35 bits per heavy atom. The summed E-state index contributed by atoms with van der Waals surface area (Å²) in [5, 5.41) is 31.3. The molecule has 0 radical (unpaired) electrons. The van der Waals surface area contributed by atoms with Crippen LogP contribution in [-0.4, -0.2) is 48.6 Å². The normalized spacial score (nSPS) is 10.2. The molecule has 0 saturated carbocycles. The highest BCUT2D eigenvalue weighted by Crippen LogP contribution is 2.26. The number of hydrogen-bond acceptors (Lipinski definition) is 7. The van der Waals surface area contributed by atoms with E-state index in [1.54, 1.807) is 16.8 Å². The topological polar surface area (TPSA) is 156 Å². The number of carboxylic acid groups (broad SMARTS) is 3. The Kier molecular flexibility index (Phi) is 5.74. The van der Waals surface area contributed by atoms with Gasteiger partial charge in [0.1, 0.15) is 0 Å². The van der Waals surface area contributed by atoms with Crippen molar-refractivity contribution in [1.29, 1.82) is 0 Å². The zero-order chi connectivity index (χ0) is 19.4. The predicted octanol–water partition coefficient (Wildman–Crippen LogP) is 3.00. The highest BCUT2D eigenvalue weighted by molar-refractivity contribution is 7.07. The Bertz CT molecular complexity index is 837. The van der Waals surface area contributed by atoms with E-state index in [-0.39, 0.29) is 6.54 Å². The average molecular weight is 406 g/mol. The summed E-state index contributed by atoms with van der Waals surface area (Å²) in [7, 11) is 0. The molecule has 11 nitrogen and oxygen atoms in total. The van der Waals surface area contributed by atoms with Crippen molar-refractivity contribution < 1.29 is 34.1 Å². The Morgan fingerprint density at radius 2 is 1.85 bits per heavy atom. The van der Waals surface area contributed by atoms with Crippen LogP contribution in [0.4, 0.5) is 30.4 Å². The molecule has 0 unspecified atom stereocenters. The number of imide groups is 1. The maximum atomic E-state index is 14.6. The van der Waals surface area contributed by atoms with Gasteiger partial charge in [-0.3, -0.25) is 0 Å². The van der Waals surface area contributed by atoms with Crippen LogP contribution in [0, 0.1) is 5.82 Å². The smallest absolute Gasteiger partial charge is 0.437 e. The van der Waals surface area contributed by atoms with Gasteiger partial charge in [-0.05, 0) is 34.0 Å². The highest BCUT2D eigenvalue weighted by atomic mass is 35.5. The number of halogens is 2. The molecule has 0 aromatic carbocycles. The maximum Gasteiger partial charge on any atom is 0.437 e. The van der Waals surface area contributed by atoms with Crippen molar-refractivity contribution in [3.8, 4) is 0 Å². The van der Waals surface area contributed by atoms with Crippen LogP contribution in [0.25, 0.3) is 0 Å². The van der Waals surface area contributed by atoms with Crippen LogP contribution in [0.5, 0.6) is 0 Å². The number of anilines is 2. The Morgan fingerprint density at radius 1 is 1.19 bits per heavy atom. The van der Waals surface area contributed by atoms with E-state index in [2.05, 4.69) is 15.3 Å². The molecule has 4 N–H and O–H groups in total. The second-order valence-electron chi connectivity index (χ2n) is 4.44. The van der Waals surface area contributed by atoms with Crippen molar-refractivity contribution in [2.45, 2.75) is 6.54 Å². The highest BCUT2D eigenvalue weighted by Gasteiger charge is 2.37. The lowest BCUT2D eigenvalue weighted by molar-refractivity contribution is 0.112. The number of carbonyl (C=O) groups is 3. The summed E-state index contributed by atoms with van der Waals surface area (Å²) in [5.74, 6) is -3.11. The van der Waals surface area contributed by atoms with E-state index < -0.39 is 51.0 Å². The van der Waals surface area contributed by atoms with Gasteiger partial charge in [0.15, 0.2) is 5.82 Å². The van der Waals surface area contributed by atoms with Crippen LogP contribution in [-0.2, 0) is 6.54 Å². The van der Waals surface area contributed by atoms with Crippen molar-refractivity contribution in [2.24, 2.45) is 0 Å². The molecule has 2 heterocycles. The SMILES string of the molecule is O=C(O)N(C(=O)O)N(C(=O)O)c1nc(Cl)nc(NCc2ccsc2)c1F. The molecular weight excluding hydrogens is 397 g/mol. The van der Waals surface area contributed by atoms with Gasteiger partial charge < -0.3 is 20.6 Å². The molecule has 14 heteroatoms. The minimum Gasteiger partial charge on any atom is -0.463 e. The van der Waals surface area contributed by atoms with Crippen molar-refractivity contribution in [1.82, 2.24) is 15.0 Å². The summed E-state index contributed by atoms with van der Waals surface area (Å²) < 4.78 is 14.6. The molecule has 2 aromatic heterocycles. The largest absolute Gasteiger partial charge is 0.463 e. The summed E-state index contributed by atoms with van der Waals surface area (Å²) in [4.78, 5) is 40.3. The van der Waals surface area contributed by atoms with Crippen LogP contribution in [0.15, 0.2) is 16.8 Å². The van der Waals surface area contributed by atoms with Gasteiger partial charge >= 0.3 is 18.3 Å².